The summed E-state index contributed by atoms with van der Waals surface area (Å²) >= 11 is 1.88. The Labute approximate surface area is 102 Å². The van der Waals surface area contributed by atoms with Gasteiger partial charge in [0.25, 0.3) is 5.56 Å². The predicted octanol–water partition coefficient (Wildman–Crippen LogP) is 0.201. The first-order chi connectivity index (χ1) is 6.81. The average molecular weight is 342 g/mol. The molecule has 0 aliphatic rings. The number of halogens is 1. The van der Waals surface area contributed by atoms with E-state index in [4.69, 9.17) is 0 Å². The minimum atomic E-state index is -3.06. The number of hydrogen-bond acceptors (Lipinski definition) is 4. The molecule has 0 spiro atoms. The normalized spacial score (nSPS) is 11.7. The highest BCUT2D eigenvalue weighted by Gasteiger charge is 2.08. The minimum absolute atomic E-state index is 0.0461. The first-order valence-corrected chi connectivity index (χ1v) is 7.35. The molecule has 0 unspecified atom stereocenters. The Balaban J connectivity index is 3.05. The van der Waals surface area contributed by atoms with Crippen LogP contribution < -0.4 is 5.56 Å². The summed E-state index contributed by atoms with van der Waals surface area (Å²) in [6.07, 6.45) is 2.63. The van der Waals surface area contributed by atoms with Crippen molar-refractivity contribution in [2.24, 2.45) is 0 Å². The smallest absolute Gasteiger partial charge is 0.266 e. The van der Waals surface area contributed by atoms with Crippen LogP contribution >= 0.6 is 22.6 Å². The zero-order chi connectivity index (χ0) is 11.6. The summed E-state index contributed by atoms with van der Waals surface area (Å²) in [4.78, 5) is 15.6. The van der Waals surface area contributed by atoms with Crippen molar-refractivity contribution in [3.05, 3.63) is 25.9 Å². The molecular weight excluding hydrogens is 331 g/mol. The van der Waals surface area contributed by atoms with Crippen LogP contribution in [0.15, 0.2) is 11.0 Å². The van der Waals surface area contributed by atoms with Crippen LogP contribution in [0.4, 0.5) is 0 Å². The second-order valence-electron chi connectivity index (χ2n) is 3.24. The Hall–Kier alpha value is -0.440. The molecule has 0 aromatic carbocycles. The fraction of sp³-hybridized carbons (Fsp3) is 0.500. The van der Waals surface area contributed by atoms with Crippen LogP contribution in [0.3, 0.4) is 0 Å². The maximum atomic E-state index is 11.6. The Bertz CT molecular complexity index is 521. The molecule has 0 saturated heterocycles. The summed E-state index contributed by atoms with van der Waals surface area (Å²) in [5, 5.41) is 0. The second-order valence-corrected chi connectivity index (χ2v) is 6.66. The van der Waals surface area contributed by atoms with Gasteiger partial charge in [-0.3, -0.25) is 9.36 Å². The SMILES string of the molecule is Cc1ncc(I)c(=O)n1CCS(C)(=O)=O. The molecule has 15 heavy (non-hydrogen) atoms. The van der Waals surface area contributed by atoms with Crippen LogP contribution in [0.2, 0.25) is 0 Å². The summed E-state index contributed by atoms with van der Waals surface area (Å²) in [7, 11) is -3.06. The molecule has 0 aliphatic heterocycles. The number of sulfone groups is 1. The molecule has 0 radical (unpaired) electrons. The maximum Gasteiger partial charge on any atom is 0.266 e. The monoisotopic (exact) mass is 342 g/mol. The van der Waals surface area contributed by atoms with E-state index in [1.54, 1.807) is 6.92 Å². The highest BCUT2D eigenvalue weighted by molar-refractivity contribution is 14.1. The lowest BCUT2D eigenvalue weighted by Gasteiger charge is -2.07. The average Bonchev–Trinajstić information content (AvgIpc) is 2.10. The fourth-order valence-corrected chi connectivity index (χ4v) is 2.02. The van der Waals surface area contributed by atoms with Crippen molar-refractivity contribution in [3.63, 3.8) is 0 Å². The van der Waals surface area contributed by atoms with Gasteiger partial charge in [0, 0.05) is 19.0 Å². The third-order valence-electron chi connectivity index (χ3n) is 1.89. The van der Waals surface area contributed by atoms with Crippen molar-refractivity contribution >= 4 is 32.4 Å². The van der Waals surface area contributed by atoms with Gasteiger partial charge in [-0.15, -0.1) is 0 Å². The van der Waals surface area contributed by atoms with Crippen LogP contribution in [0.5, 0.6) is 0 Å². The molecule has 0 aliphatic carbocycles. The third-order valence-corrected chi connectivity index (χ3v) is 3.55. The number of hydrogen-bond donors (Lipinski definition) is 0. The van der Waals surface area contributed by atoms with Crippen LogP contribution in [0.1, 0.15) is 5.82 Å². The van der Waals surface area contributed by atoms with Gasteiger partial charge in [-0.25, -0.2) is 13.4 Å². The second kappa shape index (κ2) is 4.60. The molecule has 0 amide bonds. The summed E-state index contributed by atoms with van der Waals surface area (Å²) < 4.78 is 23.8. The molecule has 7 heteroatoms. The molecule has 0 fully saturated rings. The first kappa shape index (κ1) is 12.6. The minimum Gasteiger partial charge on any atom is -0.295 e. The van der Waals surface area contributed by atoms with Crippen molar-refractivity contribution in [1.82, 2.24) is 9.55 Å². The molecule has 84 valence electrons. The molecule has 5 nitrogen and oxygen atoms in total. The largest absolute Gasteiger partial charge is 0.295 e. The van der Waals surface area contributed by atoms with Gasteiger partial charge in [-0.1, -0.05) is 0 Å². The first-order valence-electron chi connectivity index (χ1n) is 4.21. The quantitative estimate of drug-likeness (QED) is 0.736. The number of aromatic nitrogens is 2. The van der Waals surface area contributed by atoms with Gasteiger partial charge in [0.05, 0.1) is 9.32 Å². The van der Waals surface area contributed by atoms with E-state index in [0.717, 1.165) is 6.26 Å². The van der Waals surface area contributed by atoms with E-state index < -0.39 is 9.84 Å². The van der Waals surface area contributed by atoms with Gasteiger partial charge >= 0.3 is 0 Å². The zero-order valence-corrected chi connectivity index (χ0v) is 11.4. The van der Waals surface area contributed by atoms with Crippen molar-refractivity contribution in [2.75, 3.05) is 12.0 Å². The topological polar surface area (TPSA) is 69.0 Å². The van der Waals surface area contributed by atoms with Crippen molar-refractivity contribution in [1.29, 1.82) is 0 Å². The van der Waals surface area contributed by atoms with Crippen LogP contribution in [-0.2, 0) is 16.4 Å². The molecule has 1 aromatic rings. The lowest BCUT2D eigenvalue weighted by molar-refractivity contribution is 0.588. The molecule has 0 atom stereocenters. The van der Waals surface area contributed by atoms with Gasteiger partial charge in [-0.05, 0) is 29.5 Å². The van der Waals surface area contributed by atoms with E-state index in [1.165, 1.54) is 10.8 Å². The Kier molecular flexibility index (Phi) is 3.87. The van der Waals surface area contributed by atoms with E-state index >= 15 is 0 Å². The summed E-state index contributed by atoms with van der Waals surface area (Å²) in [6.45, 7) is 1.84. The zero-order valence-electron chi connectivity index (χ0n) is 8.40. The van der Waals surface area contributed by atoms with Gasteiger partial charge in [0.2, 0.25) is 0 Å². The molecule has 0 bridgehead atoms. The standard InChI is InChI=1S/C8H11IN2O3S/c1-6-10-5-7(9)8(12)11(6)3-4-15(2,13)14/h5H,3-4H2,1-2H3. The van der Waals surface area contributed by atoms with Crippen molar-refractivity contribution in [3.8, 4) is 0 Å². The van der Waals surface area contributed by atoms with E-state index in [0.29, 0.717) is 9.39 Å². The lowest BCUT2D eigenvalue weighted by atomic mass is 10.5. The summed E-state index contributed by atoms with van der Waals surface area (Å²) in [5.74, 6) is 0.485. The number of nitrogens with zero attached hydrogens (tertiary/aromatic N) is 2. The molecular formula is C8H11IN2O3S. The number of rotatable bonds is 3. The van der Waals surface area contributed by atoms with Crippen LogP contribution in [-0.4, -0.2) is 30.0 Å². The summed E-state index contributed by atoms with van der Waals surface area (Å²) in [5.41, 5.74) is -0.188. The van der Waals surface area contributed by atoms with Crippen molar-refractivity contribution < 1.29 is 8.42 Å². The fourth-order valence-electron chi connectivity index (χ4n) is 1.07. The van der Waals surface area contributed by atoms with Crippen molar-refractivity contribution in [2.45, 2.75) is 13.5 Å². The van der Waals surface area contributed by atoms with E-state index in [2.05, 4.69) is 4.98 Å². The molecule has 1 aromatic heterocycles. The lowest BCUT2D eigenvalue weighted by Crippen LogP contribution is -2.28. The Morgan fingerprint density at radius 2 is 2.13 bits per heavy atom. The van der Waals surface area contributed by atoms with Crippen LogP contribution in [0, 0.1) is 10.5 Å². The Morgan fingerprint density at radius 1 is 1.53 bits per heavy atom. The number of aryl methyl sites for hydroxylation is 1. The van der Waals surface area contributed by atoms with Crippen LogP contribution in [0.25, 0.3) is 0 Å². The molecule has 0 N–H and O–H groups in total. The highest BCUT2D eigenvalue weighted by Crippen LogP contribution is 1.98. The predicted molar refractivity (Wildman–Crippen MR) is 65.7 cm³/mol. The molecule has 0 saturated carbocycles. The van der Waals surface area contributed by atoms with Gasteiger partial charge in [-0.2, -0.15) is 0 Å². The van der Waals surface area contributed by atoms with Gasteiger partial charge in [0.1, 0.15) is 15.7 Å². The maximum absolute atomic E-state index is 11.6. The van der Waals surface area contributed by atoms with E-state index in [1.807, 2.05) is 22.6 Å². The van der Waals surface area contributed by atoms with E-state index in [-0.39, 0.29) is 17.9 Å². The molecule has 1 rings (SSSR count). The third kappa shape index (κ3) is 3.56. The highest BCUT2D eigenvalue weighted by atomic mass is 127. The van der Waals surface area contributed by atoms with Gasteiger partial charge < -0.3 is 0 Å². The molecule has 1 heterocycles. The van der Waals surface area contributed by atoms with Gasteiger partial charge in [0.15, 0.2) is 0 Å². The summed E-state index contributed by atoms with van der Waals surface area (Å²) in [6, 6.07) is 0. The Morgan fingerprint density at radius 3 is 2.67 bits per heavy atom. The van der Waals surface area contributed by atoms with E-state index in [9.17, 15) is 13.2 Å².